The summed E-state index contributed by atoms with van der Waals surface area (Å²) in [6, 6.07) is 2.29. The van der Waals surface area contributed by atoms with E-state index in [1.54, 1.807) is 17.4 Å². The van der Waals surface area contributed by atoms with Gasteiger partial charge in [0, 0.05) is 17.0 Å². The first-order valence-corrected chi connectivity index (χ1v) is 6.04. The molecule has 1 heterocycles. The Hall–Kier alpha value is -1.09. The van der Waals surface area contributed by atoms with Crippen molar-refractivity contribution in [1.82, 2.24) is 5.32 Å². The van der Waals surface area contributed by atoms with Gasteiger partial charge in [-0.05, 0) is 43.4 Å². The van der Waals surface area contributed by atoms with Crippen molar-refractivity contribution in [3.05, 3.63) is 28.0 Å². The maximum Gasteiger partial charge on any atom is 0.244 e. The van der Waals surface area contributed by atoms with Crippen LogP contribution in [0.4, 0.5) is 0 Å². The van der Waals surface area contributed by atoms with Gasteiger partial charge in [-0.1, -0.05) is 6.92 Å². The number of rotatable bonds is 4. The van der Waals surface area contributed by atoms with Crippen LogP contribution in [0.15, 0.2) is 17.5 Å². The smallest absolute Gasteiger partial charge is 0.244 e. The lowest BCUT2D eigenvalue weighted by Crippen LogP contribution is -2.30. The van der Waals surface area contributed by atoms with Crippen LogP contribution in [0.25, 0.3) is 6.08 Å². The molecule has 1 aromatic rings. The molecule has 0 bridgehead atoms. The summed E-state index contributed by atoms with van der Waals surface area (Å²) < 4.78 is 0. The Kier molecular flexibility index (Phi) is 4.56. The SMILES string of the molecule is CCC(C)NC(=O)C=Cc1sccc1C. The minimum absolute atomic E-state index is 0.0165. The highest BCUT2D eigenvalue weighted by Crippen LogP contribution is 2.16. The lowest BCUT2D eigenvalue weighted by Gasteiger charge is -2.08. The molecule has 0 radical (unpaired) electrons. The number of carbonyl (C=O) groups excluding carboxylic acids is 1. The van der Waals surface area contributed by atoms with Gasteiger partial charge in [-0.2, -0.15) is 0 Å². The van der Waals surface area contributed by atoms with Crippen LogP contribution in [-0.4, -0.2) is 11.9 Å². The summed E-state index contributed by atoms with van der Waals surface area (Å²) >= 11 is 1.65. The zero-order chi connectivity index (χ0) is 11.3. The molecule has 15 heavy (non-hydrogen) atoms. The largest absolute Gasteiger partial charge is 0.350 e. The van der Waals surface area contributed by atoms with Gasteiger partial charge < -0.3 is 5.32 Å². The summed E-state index contributed by atoms with van der Waals surface area (Å²) in [7, 11) is 0. The Morgan fingerprint density at radius 1 is 1.67 bits per heavy atom. The molecule has 1 unspecified atom stereocenters. The fraction of sp³-hybridized carbons (Fsp3) is 0.417. The molecule has 1 rings (SSSR count). The van der Waals surface area contributed by atoms with E-state index in [0.29, 0.717) is 0 Å². The Labute approximate surface area is 95.0 Å². The standard InChI is InChI=1S/C12H17NOS/c1-4-10(3)13-12(14)6-5-11-9(2)7-8-15-11/h5-8,10H,4H2,1-3H3,(H,13,14). The Balaban J connectivity index is 2.51. The van der Waals surface area contributed by atoms with Gasteiger partial charge in [-0.15, -0.1) is 11.3 Å². The normalized spacial score (nSPS) is 13.0. The molecule has 1 atom stereocenters. The number of nitrogens with one attached hydrogen (secondary N) is 1. The van der Waals surface area contributed by atoms with E-state index >= 15 is 0 Å². The number of carbonyl (C=O) groups is 1. The van der Waals surface area contributed by atoms with Gasteiger partial charge in [0.1, 0.15) is 0 Å². The molecule has 3 heteroatoms. The summed E-state index contributed by atoms with van der Waals surface area (Å²) in [5.41, 5.74) is 1.22. The van der Waals surface area contributed by atoms with E-state index in [1.165, 1.54) is 5.56 Å². The van der Waals surface area contributed by atoms with E-state index in [0.717, 1.165) is 11.3 Å². The zero-order valence-corrected chi connectivity index (χ0v) is 10.2. The van der Waals surface area contributed by atoms with Crippen LogP contribution in [0, 0.1) is 6.92 Å². The Morgan fingerprint density at radius 2 is 2.40 bits per heavy atom. The quantitative estimate of drug-likeness (QED) is 0.781. The highest BCUT2D eigenvalue weighted by molar-refractivity contribution is 7.11. The highest BCUT2D eigenvalue weighted by Gasteiger charge is 2.01. The van der Waals surface area contributed by atoms with Gasteiger partial charge >= 0.3 is 0 Å². The van der Waals surface area contributed by atoms with E-state index in [9.17, 15) is 4.79 Å². The van der Waals surface area contributed by atoms with Gasteiger partial charge in [-0.25, -0.2) is 0 Å². The molecule has 0 aromatic carbocycles. The van der Waals surface area contributed by atoms with Crippen LogP contribution >= 0.6 is 11.3 Å². The monoisotopic (exact) mass is 223 g/mol. The fourth-order valence-corrected chi connectivity index (χ4v) is 1.92. The molecule has 0 fully saturated rings. The van der Waals surface area contributed by atoms with Gasteiger partial charge in [-0.3, -0.25) is 4.79 Å². The lowest BCUT2D eigenvalue weighted by molar-refractivity contribution is -0.117. The van der Waals surface area contributed by atoms with Crippen LogP contribution in [0.3, 0.4) is 0 Å². The van der Waals surface area contributed by atoms with Crippen molar-refractivity contribution in [2.45, 2.75) is 33.2 Å². The maximum atomic E-state index is 11.4. The van der Waals surface area contributed by atoms with Crippen LogP contribution < -0.4 is 5.32 Å². The first-order chi connectivity index (χ1) is 7.13. The van der Waals surface area contributed by atoms with Crippen molar-refractivity contribution in [2.75, 3.05) is 0 Å². The van der Waals surface area contributed by atoms with Crippen molar-refractivity contribution >= 4 is 23.3 Å². The molecule has 0 aliphatic rings. The van der Waals surface area contributed by atoms with Gasteiger partial charge in [0.2, 0.25) is 5.91 Å². The van der Waals surface area contributed by atoms with Crippen LogP contribution in [0.1, 0.15) is 30.7 Å². The Bertz CT molecular complexity index is 354. The van der Waals surface area contributed by atoms with Crippen LogP contribution in [0.5, 0.6) is 0 Å². The van der Waals surface area contributed by atoms with E-state index in [-0.39, 0.29) is 11.9 Å². The molecular formula is C12H17NOS. The van der Waals surface area contributed by atoms with Gasteiger partial charge in [0.05, 0.1) is 0 Å². The van der Waals surface area contributed by atoms with Crippen molar-refractivity contribution in [1.29, 1.82) is 0 Å². The predicted octanol–water partition coefficient (Wildman–Crippen LogP) is 2.98. The molecule has 0 aliphatic carbocycles. The maximum absolute atomic E-state index is 11.4. The predicted molar refractivity (Wildman–Crippen MR) is 66.0 cm³/mol. The average molecular weight is 223 g/mol. The zero-order valence-electron chi connectivity index (χ0n) is 9.41. The molecule has 2 nitrogen and oxygen atoms in total. The van der Waals surface area contributed by atoms with Crippen molar-refractivity contribution in [2.24, 2.45) is 0 Å². The first-order valence-electron chi connectivity index (χ1n) is 5.16. The molecule has 0 saturated carbocycles. The highest BCUT2D eigenvalue weighted by atomic mass is 32.1. The number of hydrogen-bond acceptors (Lipinski definition) is 2. The van der Waals surface area contributed by atoms with E-state index in [2.05, 4.69) is 18.3 Å². The summed E-state index contributed by atoms with van der Waals surface area (Å²) in [4.78, 5) is 12.6. The fourth-order valence-electron chi connectivity index (χ4n) is 1.10. The molecule has 0 saturated heterocycles. The molecular weight excluding hydrogens is 206 g/mol. The van der Waals surface area contributed by atoms with Crippen molar-refractivity contribution in [3.8, 4) is 0 Å². The van der Waals surface area contributed by atoms with E-state index in [1.807, 2.05) is 25.3 Å². The summed E-state index contributed by atoms with van der Waals surface area (Å²) in [6.45, 7) is 6.10. The van der Waals surface area contributed by atoms with Gasteiger partial charge in [0.25, 0.3) is 0 Å². The van der Waals surface area contributed by atoms with Crippen LogP contribution in [-0.2, 0) is 4.79 Å². The average Bonchev–Trinajstić information content (AvgIpc) is 2.61. The first kappa shape index (κ1) is 12.0. The third kappa shape index (κ3) is 3.88. The molecule has 82 valence electrons. The Morgan fingerprint density at radius 3 is 2.93 bits per heavy atom. The third-order valence-corrected chi connectivity index (χ3v) is 3.27. The second-order valence-corrected chi connectivity index (χ2v) is 4.57. The molecule has 1 amide bonds. The second-order valence-electron chi connectivity index (χ2n) is 3.62. The number of aryl methyl sites for hydroxylation is 1. The van der Waals surface area contributed by atoms with Crippen LogP contribution in [0.2, 0.25) is 0 Å². The molecule has 0 spiro atoms. The molecule has 1 N–H and O–H groups in total. The van der Waals surface area contributed by atoms with Crippen molar-refractivity contribution in [3.63, 3.8) is 0 Å². The molecule has 0 aliphatic heterocycles. The second kappa shape index (κ2) is 5.71. The minimum atomic E-state index is -0.0165. The number of amides is 1. The lowest BCUT2D eigenvalue weighted by atomic mass is 10.2. The topological polar surface area (TPSA) is 29.1 Å². The summed E-state index contributed by atoms with van der Waals surface area (Å²) in [5, 5.41) is 4.92. The summed E-state index contributed by atoms with van der Waals surface area (Å²) in [5.74, 6) is -0.0165. The molecule has 1 aromatic heterocycles. The number of hydrogen-bond donors (Lipinski definition) is 1. The van der Waals surface area contributed by atoms with Gasteiger partial charge in [0.15, 0.2) is 0 Å². The summed E-state index contributed by atoms with van der Waals surface area (Å²) in [6.07, 6.45) is 4.43. The minimum Gasteiger partial charge on any atom is -0.350 e. The van der Waals surface area contributed by atoms with Crippen molar-refractivity contribution < 1.29 is 4.79 Å². The number of thiophene rings is 1. The van der Waals surface area contributed by atoms with E-state index < -0.39 is 0 Å². The third-order valence-electron chi connectivity index (χ3n) is 2.29. The van der Waals surface area contributed by atoms with E-state index in [4.69, 9.17) is 0 Å².